The van der Waals surface area contributed by atoms with E-state index in [-0.39, 0.29) is 29.8 Å². The number of carbonyl (C=O) groups is 1. The summed E-state index contributed by atoms with van der Waals surface area (Å²) in [5.74, 6) is 0.442. The summed E-state index contributed by atoms with van der Waals surface area (Å²) in [6, 6.07) is 10.4. The van der Waals surface area contributed by atoms with Crippen molar-refractivity contribution < 1.29 is 17.9 Å². The highest BCUT2D eigenvalue weighted by Crippen LogP contribution is 2.31. The second kappa shape index (κ2) is 6.07. The van der Waals surface area contributed by atoms with Crippen LogP contribution in [0, 0.1) is 0 Å². The zero-order valence-corrected chi connectivity index (χ0v) is 13.2. The summed E-state index contributed by atoms with van der Waals surface area (Å²) in [6.07, 6.45) is 0. The van der Waals surface area contributed by atoms with Crippen LogP contribution in [-0.4, -0.2) is 34.0 Å². The minimum absolute atomic E-state index is 0.0330. The van der Waals surface area contributed by atoms with Crippen LogP contribution >= 0.6 is 11.3 Å². The van der Waals surface area contributed by atoms with Crippen molar-refractivity contribution in [3.05, 3.63) is 41.8 Å². The maximum atomic E-state index is 12.0. The molecule has 0 spiro atoms. The van der Waals surface area contributed by atoms with Gasteiger partial charge in [0.2, 0.25) is 10.0 Å². The third kappa shape index (κ3) is 2.99. The first-order chi connectivity index (χ1) is 10.6. The first-order valence-electron chi connectivity index (χ1n) is 6.63. The van der Waals surface area contributed by atoms with Gasteiger partial charge in [0.25, 0.3) is 5.91 Å². The lowest BCUT2D eigenvalue weighted by Gasteiger charge is -2.29. The molecule has 2 heterocycles. The smallest absolute Gasteiger partial charge is 0.265 e. The van der Waals surface area contributed by atoms with Crippen LogP contribution in [0.5, 0.6) is 5.75 Å². The van der Waals surface area contributed by atoms with E-state index in [2.05, 4.69) is 4.72 Å². The predicted octanol–water partition coefficient (Wildman–Crippen LogP) is 1.45. The van der Waals surface area contributed by atoms with Crippen molar-refractivity contribution in [1.82, 2.24) is 4.72 Å². The fourth-order valence-electron chi connectivity index (χ4n) is 2.18. The Morgan fingerprint density at radius 2 is 2.05 bits per heavy atom. The zero-order valence-electron chi connectivity index (χ0n) is 11.6. The molecule has 0 saturated carbocycles. The monoisotopic (exact) mass is 338 g/mol. The summed E-state index contributed by atoms with van der Waals surface area (Å²) < 4.78 is 32.2. The van der Waals surface area contributed by atoms with Crippen molar-refractivity contribution in [2.45, 2.75) is 4.21 Å². The van der Waals surface area contributed by atoms with Crippen LogP contribution in [0.3, 0.4) is 0 Å². The van der Waals surface area contributed by atoms with Crippen molar-refractivity contribution in [3.63, 3.8) is 0 Å². The van der Waals surface area contributed by atoms with E-state index < -0.39 is 10.0 Å². The molecule has 1 amide bonds. The van der Waals surface area contributed by atoms with Crippen LogP contribution in [0.15, 0.2) is 46.0 Å². The zero-order chi connectivity index (χ0) is 15.6. The highest BCUT2D eigenvalue weighted by Gasteiger charge is 2.25. The van der Waals surface area contributed by atoms with Gasteiger partial charge in [-0.3, -0.25) is 4.79 Å². The largest absolute Gasteiger partial charge is 0.482 e. The van der Waals surface area contributed by atoms with Crippen LogP contribution in [-0.2, 0) is 14.8 Å². The molecule has 0 bridgehead atoms. The summed E-state index contributed by atoms with van der Waals surface area (Å²) >= 11 is 1.15. The van der Waals surface area contributed by atoms with Crippen molar-refractivity contribution in [2.24, 2.45) is 0 Å². The van der Waals surface area contributed by atoms with Gasteiger partial charge in [-0.2, -0.15) is 0 Å². The Morgan fingerprint density at radius 1 is 1.23 bits per heavy atom. The molecule has 1 aliphatic heterocycles. The molecule has 1 aliphatic rings. The van der Waals surface area contributed by atoms with Gasteiger partial charge in [-0.25, -0.2) is 13.1 Å². The van der Waals surface area contributed by atoms with Crippen molar-refractivity contribution in [1.29, 1.82) is 0 Å². The summed E-state index contributed by atoms with van der Waals surface area (Å²) in [5.41, 5.74) is 0.661. The van der Waals surface area contributed by atoms with Gasteiger partial charge >= 0.3 is 0 Å². The van der Waals surface area contributed by atoms with E-state index in [4.69, 9.17) is 4.74 Å². The number of sulfonamides is 1. The lowest BCUT2D eigenvalue weighted by atomic mass is 10.2. The third-order valence-electron chi connectivity index (χ3n) is 3.20. The van der Waals surface area contributed by atoms with Gasteiger partial charge in [0.05, 0.1) is 5.69 Å². The number of amides is 1. The number of carbonyl (C=O) groups excluding carboxylic acids is 1. The Bertz CT molecular complexity index is 772. The highest BCUT2D eigenvalue weighted by atomic mass is 32.2. The molecular weight excluding hydrogens is 324 g/mol. The van der Waals surface area contributed by atoms with Gasteiger partial charge in [-0.05, 0) is 23.6 Å². The SMILES string of the molecule is O=C1COc2ccccc2N1CCNS(=O)(=O)c1cccs1. The van der Waals surface area contributed by atoms with Crippen LogP contribution in [0.25, 0.3) is 0 Å². The number of para-hydroxylation sites is 2. The first-order valence-corrected chi connectivity index (χ1v) is 8.99. The number of rotatable bonds is 5. The second-order valence-corrected chi connectivity index (χ2v) is 7.57. The number of benzene rings is 1. The maximum Gasteiger partial charge on any atom is 0.265 e. The summed E-state index contributed by atoms with van der Waals surface area (Å²) in [6.45, 7) is 0.360. The quantitative estimate of drug-likeness (QED) is 0.895. The Labute approximate surface area is 132 Å². The van der Waals surface area contributed by atoms with E-state index in [9.17, 15) is 13.2 Å². The topological polar surface area (TPSA) is 75.7 Å². The van der Waals surface area contributed by atoms with Gasteiger partial charge < -0.3 is 9.64 Å². The molecule has 3 rings (SSSR count). The van der Waals surface area contributed by atoms with Gasteiger partial charge in [0.15, 0.2) is 6.61 Å². The van der Waals surface area contributed by atoms with Gasteiger partial charge in [0.1, 0.15) is 9.96 Å². The number of fused-ring (bicyclic) bond motifs is 1. The summed E-state index contributed by atoms with van der Waals surface area (Å²) in [5, 5.41) is 1.70. The molecule has 0 aliphatic carbocycles. The highest BCUT2D eigenvalue weighted by molar-refractivity contribution is 7.91. The first kappa shape index (κ1) is 15.0. The molecule has 1 aromatic heterocycles. The molecule has 2 aromatic rings. The Kier molecular flexibility index (Phi) is 4.14. The third-order valence-corrected chi connectivity index (χ3v) is 6.05. The Balaban J connectivity index is 1.68. The van der Waals surface area contributed by atoms with Crippen LogP contribution in [0.4, 0.5) is 5.69 Å². The predicted molar refractivity (Wildman–Crippen MR) is 83.8 cm³/mol. The normalized spacial score (nSPS) is 14.5. The van der Waals surface area contributed by atoms with Crippen LogP contribution in [0.1, 0.15) is 0 Å². The molecule has 22 heavy (non-hydrogen) atoms. The standard InChI is InChI=1S/C14H14N2O4S2/c17-13-10-20-12-5-2-1-4-11(12)16(13)8-7-15-22(18,19)14-6-3-9-21-14/h1-6,9,15H,7-8,10H2. The van der Waals surface area contributed by atoms with E-state index in [0.717, 1.165) is 11.3 Å². The minimum atomic E-state index is -3.51. The molecule has 0 unspecified atom stereocenters. The van der Waals surface area contributed by atoms with E-state index in [1.165, 1.54) is 4.90 Å². The Hall–Kier alpha value is -1.90. The van der Waals surface area contributed by atoms with E-state index in [0.29, 0.717) is 11.4 Å². The van der Waals surface area contributed by atoms with Crippen LogP contribution < -0.4 is 14.4 Å². The number of nitrogens with zero attached hydrogens (tertiary/aromatic N) is 1. The van der Waals surface area contributed by atoms with E-state index in [1.807, 2.05) is 12.1 Å². The average Bonchev–Trinajstić information content (AvgIpc) is 3.05. The van der Waals surface area contributed by atoms with Crippen molar-refractivity contribution in [3.8, 4) is 5.75 Å². The molecule has 8 heteroatoms. The Morgan fingerprint density at radius 3 is 2.82 bits per heavy atom. The fourth-order valence-corrected chi connectivity index (χ4v) is 4.24. The number of hydrogen-bond donors (Lipinski definition) is 1. The van der Waals surface area contributed by atoms with Gasteiger partial charge in [-0.1, -0.05) is 18.2 Å². The van der Waals surface area contributed by atoms with E-state index in [1.54, 1.807) is 29.6 Å². The summed E-state index contributed by atoms with van der Waals surface area (Å²) in [4.78, 5) is 13.5. The molecule has 1 aromatic carbocycles. The molecule has 0 fully saturated rings. The number of anilines is 1. The summed E-state index contributed by atoms with van der Waals surface area (Å²) in [7, 11) is -3.51. The number of hydrogen-bond acceptors (Lipinski definition) is 5. The number of thiophene rings is 1. The van der Waals surface area contributed by atoms with Crippen molar-refractivity contribution >= 4 is 33.0 Å². The molecule has 116 valence electrons. The average molecular weight is 338 g/mol. The number of nitrogens with one attached hydrogen (secondary N) is 1. The number of ether oxygens (including phenoxy) is 1. The molecule has 1 N–H and O–H groups in total. The molecule has 0 radical (unpaired) electrons. The minimum Gasteiger partial charge on any atom is -0.482 e. The lowest BCUT2D eigenvalue weighted by Crippen LogP contribution is -2.43. The molecule has 0 atom stereocenters. The van der Waals surface area contributed by atoms with Crippen molar-refractivity contribution in [2.75, 3.05) is 24.6 Å². The van der Waals surface area contributed by atoms with Gasteiger partial charge in [0, 0.05) is 13.1 Å². The maximum absolute atomic E-state index is 12.0. The molecular formula is C14H14N2O4S2. The molecule has 6 nitrogen and oxygen atoms in total. The second-order valence-electron chi connectivity index (χ2n) is 4.63. The van der Waals surface area contributed by atoms with Gasteiger partial charge in [-0.15, -0.1) is 11.3 Å². The lowest BCUT2D eigenvalue weighted by molar-refractivity contribution is -0.121. The molecule has 0 saturated heterocycles. The van der Waals surface area contributed by atoms with Crippen LogP contribution in [0.2, 0.25) is 0 Å². The fraction of sp³-hybridized carbons (Fsp3) is 0.214. The van der Waals surface area contributed by atoms with E-state index >= 15 is 0 Å².